The normalized spacial score (nSPS) is 17.6. The first-order valence-corrected chi connectivity index (χ1v) is 7.36. The molecule has 2 rings (SSSR count). The number of ether oxygens (including phenoxy) is 1. The fraction of sp³-hybridized carbons (Fsp3) is 0.625. The second kappa shape index (κ2) is 7.70. The average Bonchev–Trinajstić information content (AvgIpc) is 2.91. The van der Waals surface area contributed by atoms with Gasteiger partial charge in [-0.1, -0.05) is 12.8 Å². The Kier molecular flexibility index (Phi) is 5.92. The van der Waals surface area contributed by atoms with Crippen molar-refractivity contribution in [1.29, 1.82) is 0 Å². The van der Waals surface area contributed by atoms with E-state index in [0.717, 1.165) is 37.6 Å². The van der Waals surface area contributed by atoms with Gasteiger partial charge in [-0.3, -0.25) is 0 Å². The van der Waals surface area contributed by atoms with Crippen molar-refractivity contribution in [2.24, 2.45) is 5.92 Å². The maximum Gasteiger partial charge on any atom is 0.126 e. The molecule has 1 fully saturated rings. The van der Waals surface area contributed by atoms with Gasteiger partial charge >= 0.3 is 0 Å². The van der Waals surface area contributed by atoms with Crippen LogP contribution < -0.4 is 5.32 Å². The van der Waals surface area contributed by atoms with E-state index >= 15 is 0 Å². The molecule has 0 saturated heterocycles. The number of hydrogen-bond acceptors (Lipinski definition) is 2. The fourth-order valence-corrected chi connectivity index (χ4v) is 3.14. The predicted octanol–water partition coefficient (Wildman–Crippen LogP) is 3.47. The van der Waals surface area contributed by atoms with Crippen LogP contribution in [0.3, 0.4) is 0 Å². The second-order valence-electron chi connectivity index (χ2n) is 5.55. The molecule has 0 heterocycles. The lowest BCUT2D eigenvalue weighted by atomic mass is 9.84. The molecule has 0 radical (unpaired) electrons. The van der Waals surface area contributed by atoms with E-state index < -0.39 is 11.6 Å². The molecule has 0 aromatic heterocycles. The van der Waals surface area contributed by atoms with Crippen LogP contribution in [0.2, 0.25) is 0 Å². The van der Waals surface area contributed by atoms with Gasteiger partial charge in [-0.2, -0.15) is 0 Å². The molecule has 1 N–H and O–H groups in total. The predicted molar refractivity (Wildman–Crippen MR) is 75.8 cm³/mol. The lowest BCUT2D eigenvalue weighted by Crippen LogP contribution is -2.28. The number of nitrogens with one attached hydrogen (secondary N) is 1. The van der Waals surface area contributed by atoms with E-state index in [1.807, 2.05) is 0 Å². The Morgan fingerprint density at radius 1 is 1.20 bits per heavy atom. The molecule has 0 amide bonds. The van der Waals surface area contributed by atoms with Crippen LogP contribution in [-0.4, -0.2) is 26.8 Å². The molecule has 20 heavy (non-hydrogen) atoms. The second-order valence-corrected chi connectivity index (χ2v) is 5.55. The van der Waals surface area contributed by atoms with Gasteiger partial charge in [0.25, 0.3) is 0 Å². The zero-order chi connectivity index (χ0) is 14.4. The summed E-state index contributed by atoms with van der Waals surface area (Å²) in [4.78, 5) is 0. The summed E-state index contributed by atoms with van der Waals surface area (Å²) in [7, 11) is 1.66. The molecular formula is C16H23F2NO. The van der Waals surface area contributed by atoms with Crippen molar-refractivity contribution in [1.82, 2.24) is 5.32 Å². The molecule has 112 valence electrons. The van der Waals surface area contributed by atoms with E-state index in [9.17, 15) is 8.78 Å². The molecule has 1 unspecified atom stereocenters. The third-order valence-corrected chi connectivity index (χ3v) is 4.13. The fourth-order valence-electron chi connectivity index (χ4n) is 3.14. The van der Waals surface area contributed by atoms with E-state index in [-0.39, 0.29) is 5.92 Å². The summed E-state index contributed by atoms with van der Waals surface area (Å²) in [6.45, 7) is 2.16. The highest BCUT2D eigenvalue weighted by atomic mass is 19.1. The first kappa shape index (κ1) is 15.4. The van der Waals surface area contributed by atoms with Gasteiger partial charge in [0.15, 0.2) is 0 Å². The number of halogens is 2. The van der Waals surface area contributed by atoms with Gasteiger partial charge in [-0.05, 0) is 42.4 Å². The Hall–Kier alpha value is -1.00. The van der Waals surface area contributed by atoms with Crippen LogP contribution in [0.4, 0.5) is 8.78 Å². The zero-order valence-electron chi connectivity index (χ0n) is 12.0. The van der Waals surface area contributed by atoms with Gasteiger partial charge in [0.2, 0.25) is 0 Å². The van der Waals surface area contributed by atoms with Crippen molar-refractivity contribution in [2.45, 2.75) is 31.6 Å². The summed E-state index contributed by atoms with van der Waals surface area (Å²) in [5.74, 6) is -0.273. The Bertz CT molecular complexity index is 399. The summed E-state index contributed by atoms with van der Waals surface area (Å²) < 4.78 is 31.9. The molecule has 4 heteroatoms. The highest BCUT2D eigenvalue weighted by molar-refractivity contribution is 5.23. The number of benzene rings is 1. The van der Waals surface area contributed by atoms with Crippen LogP contribution in [-0.2, 0) is 4.74 Å². The van der Waals surface area contributed by atoms with Gasteiger partial charge in [0, 0.05) is 26.3 Å². The summed E-state index contributed by atoms with van der Waals surface area (Å²) in [6.07, 6.45) is 4.73. The van der Waals surface area contributed by atoms with E-state index in [2.05, 4.69) is 5.32 Å². The lowest BCUT2D eigenvalue weighted by Gasteiger charge is -2.24. The molecule has 1 atom stereocenters. The third kappa shape index (κ3) is 4.25. The van der Waals surface area contributed by atoms with Gasteiger partial charge in [0.1, 0.15) is 11.6 Å². The highest BCUT2D eigenvalue weighted by Gasteiger charge is 2.26. The van der Waals surface area contributed by atoms with Crippen LogP contribution in [0.1, 0.15) is 37.2 Å². The maximum atomic E-state index is 13.4. The molecule has 0 aliphatic heterocycles. The Morgan fingerprint density at radius 2 is 1.85 bits per heavy atom. The van der Waals surface area contributed by atoms with Crippen LogP contribution in [0, 0.1) is 17.6 Å². The quantitative estimate of drug-likeness (QED) is 0.774. The standard InChI is InChI=1S/C16H23F2NO/c1-20-7-6-19-11-16(12-4-2-3-5-12)13-8-14(17)10-15(18)9-13/h8-10,12,16,19H,2-7,11H2,1H3. The molecule has 1 aliphatic rings. The largest absolute Gasteiger partial charge is 0.383 e. The summed E-state index contributed by atoms with van der Waals surface area (Å²) in [5, 5.41) is 3.33. The van der Waals surface area contributed by atoms with Crippen LogP contribution in [0.25, 0.3) is 0 Å². The van der Waals surface area contributed by atoms with Crippen molar-refractivity contribution >= 4 is 0 Å². The summed E-state index contributed by atoms with van der Waals surface area (Å²) in [5.41, 5.74) is 0.777. The monoisotopic (exact) mass is 283 g/mol. The zero-order valence-corrected chi connectivity index (χ0v) is 12.0. The first-order chi connectivity index (χ1) is 9.70. The number of rotatable bonds is 7. The van der Waals surface area contributed by atoms with Gasteiger partial charge < -0.3 is 10.1 Å². The van der Waals surface area contributed by atoms with Crippen LogP contribution in [0.5, 0.6) is 0 Å². The van der Waals surface area contributed by atoms with Gasteiger partial charge in [-0.25, -0.2) is 8.78 Å². The smallest absolute Gasteiger partial charge is 0.126 e. The van der Waals surface area contributed by atoms with E-state index in [1.54, 1.807) is 7.11 Å². The van der Waals surface area contributed by atoms with Crippen molar-refractivity contribution in [3.05, 3.63) is 35.4 Å². The van der Waals surface area contributed by atoms with Crippen molar-refractivity contribution < 1.29 is 13.5 Å². The molecule has 1 saturated carbocycles. The Morgan fingerprint density at radius 3 is 2.45 bits per heavy atom. The van der Waals surface area contributed by atoms with Crippen LogP contribution >= 0.6 is 0 Å². The molecule has 1 aromatic carbocycles. The molecule has 1 aliphatic carbocycles. The van der Waals surface area contributed by atoms with Gasteiger partial charge in [0.05, 0.1) is 6.61 Å². The third-order valence-electron chi connectivity index (χ3n) is 4.13. The SMILES string of the molecule is COCCNCC(c1cc(F)cc(F)c1)C1CCCC1. The molecular weight excluding hydrogens is 260 g/mol. The van der Waals surface area contributed by atoms with Crippen molar-refractivity contribution in [2.75, 3.05) is 26.8 Å². The molecule has 0 spiro atoms. The van der Waals surface area contributed by atoms with Gasteiger partial charge in [-0.15, -0.1) is 0 Å². The lowest BCUT2D eigenvalue weighted by molar-refractivity contribution is 0.198. The summed E-state index contributed by atoms with van der Waals surface area (Å²) in [6, 6.07) is 3.89. The number of methoxy groups -OCH3 is 1. The highest BCUT2D eigenvalue weighted by Crippen LogP contribution is 2.37. The van der Waals surface area contributed by atoms with E-state index in [1.165, 1.54) is 25.0 Å². The summed E-state index contributed by atoms with van der Waals surface area (Å²) >= 11 is 0. The van der Waals surface area contributed by atoms with E-state index in [0.29, 0.717) is 12.5 Å². The van der Waals surface area contributed by atoms with Crippen molar-refractivity contribution in [3.8, 4) is 0 Å². The average molecular weight is 283 g/mol. The first-order valence-electron chi connectivity index (χ1n) is 7.36. The Labute approximate surface area is 119 Å². The number of hydrogen-bond donors (Lipinski definition) is 1. The minimum atomic E-state index is -0.486. The Balaban J connectivity index is 2.07. The van der Waals surface area contributed by atoms with Crippen LogP contribution in [0.15, 0.2) is 18.2 Å². The topological polar surface area (TPSA) is 21.3 Å². The van der Waals surface area contributed by atoms with E-state index in [4.69, 9.17) is 4.74 Å². The molecule has 2 nitrogen and oxygen atoms in total. The minimum Gasteiger partial charge on any atom is -0.383 e. The molecule has 1 aromatic rings. The molecule has 0 bridgehead atoms. The minimum absolute atomic E-state index is 0.180. The maximum absolute atomic E-state index is 13.4. The van der Waals surface area contributed by atoms with Crippen molar-refractivity contribution in [3.63, 3.8) is 0 Å².